The number of rotatable bonds is 3. The summed E-state index contributed by atoms with van der Waals surface area (Å²) in [4.78, 5) is 17.1. The molecule has 2 heterocycles. The SMILES string of the molecule is CNC(=O)c1nc(-c2cccs2)n(-c2ccccc2)n1. The van der Waals surface area contributed by atoms with Crippen LogP contribution in [0.25, 0.3) is 16.4 Å². The van der Waals surface area contributed by atoms with Crippen LogP contribution in [-0.4, -0.2) is 27.7 Å². The zero-order chi connectivity index (χ0) is 13.9. The van der Waals surface area contributed by atoms with Gasteiger partial charge in [0.1, 0.15) is 0 Å². The molecule has 0 aliphatic carbocycles. The highest BCUT2D eigenvalue weighted by Crippen LogP contribution is 2.25. The van der Waals surface area contributed by atoms with E-state index in [1.807, 2.05) is 47.8 Å². The van der Waals surface area contributed by atoms with Gasteiger partial charge < -0.3 is 5.32 Å². The molecule has 1 N–H and O–H groups in total. The predicted molar refractivity (Wildman–Crippen MR) is 78.1 cm³/mol. The summed E-state index contributed by atoms with van der Waals surface area (Å²) in [5, 5.41) is 8.82. The Morgan fingerprint density at radius 1 is 1.20 bits per heavy atom. The summed E-state index contributed by atoms with van der Waals surface area (Å²) >= 11 is 1.56. The lowest BCUT2D eigenvalue weighted by Crippen LogP contribution is -2.19. The second kappa shape index (κ2) is 5.26. The molecule has 1 amide bonds. The van der Waals surface area contributed by atoms with E-state index >= 15 is 0 Å². The van der Waals surface area contributed by atoms with Gasteiger partial charge in [-0.3, -0.25) is 4.79 Å². The molecule has 0 saturated carbocycles. The second-order valence-electron chi connectivity index (χ2n) is 4.06. The molecular weight excluding hydrogens is 272 g/mol. The van der Waals surface area contributed by atoms with Gasteiger partial charge in [0.15, 0.2) is 5.82 Å². The van der Waals surface area contributed by atoms with Crippen molar-refractivity contribution in [2.45, 2.75) is 0 Å². The summed E-state index contributed by atoms with van der Waals surface area (Å²) in [6.45, 7) is 0. The second-order valence-corrected chi connectivity index (χ2v) is 5.01. The third-order valence-electron chi connectivity index (χ3n) is 2.78. The van der Waals surface area contributed by atoms with Crippen LogP contribution in [0.2, 0.25) is 0 Å². The molecule has 0 fully saturated rings. The van der Waals surface area contributed by atoms with Crippen LogP contribution in [0.4, 0.5) is 0 Å². The van der Waals surface area contributed by atoms with Crippen molar-refractivity contribution < 1.29 is 4.79 Å². The number of carbonyl (C=O) groups excluding carboxylic acids is 1. The van der Waals surface area contributed by atoms with E-state index in [0.717, 1.165) is 10.6 Å². The first-order chi connectivity index (χ1) is 9.79. The molecule has 20 heavy (non-hydrogen) atoms. The first-order valence-electron chi connectivity index (χ1n) is 6.08. The van der Waals surface area contributed by atoms with Crippen LogP contribution in [0.1, 0.15) is 10.6 Å². The third kappa shape index (κ3) is 2.21. The summed E-state index contributed by atoms with van der Waals surface area (Å²) in [6.07, 6.45) is 0. The van der Waals surface area contributed by atoms with Crippen molar-refractivity contribution in [3.63, 3.8) is 0 Å². The van der Waals surface area contributed by atoms with Crippen LogP contribution in [0.3, 0.4) is 0 Å². The van der Waals surface area contributed by atoms with E-state index in [9.17, 15) is 4.79 Å². The first kappa shape index (κ1) is 12.6. The maximum atomic E-state index is 11.7. The van der Waals surface area contributed by atoms with Crippen LogP contribution >= 0.6 is 11.3 Å². The number of hydrogen-bond acceptors (Lipinski definition) is 4. The lowest BCUT2D eigenvalue weighted by Gasteiger charge is -2.03. The minimum absolute atomic E-state index is 0.166. The molecule has 0 unspecified atom stereocenters. The number of carbonyl (C=O) groups is 1. The van der Waals surface area contributed by atoms with Gasteiger partial charge in [0.05, 0.1) is 10.6 Å². The summed E-state index contributed by atoms with van der Waals surface area (Å²) < 4.78 is 1.69. The Labute approximate surface area is 119 Å². The summed E-state index contributed by atoms with van der Waals surface area (Å²) in [6, 6.07) is 13.6. The van der Waals surface area contributed by atoms with Crippen molar-refractivity contribution >= 4 is 17.2 Å². The maximum Gasteiger partial charge on any atom is 0.290 e. The fourth-order valence-electron chi connectivity index (χ4n) is 1.83. The number of nitrogens with zero attached hydrogens (tertiary/aromatic N) is 3. The van der Waals surface area contributed by atoms with Gasteiger partial charge in [-0.1, -0.05) is 24.3 Å². The molecular formula is C14H12N4OS. The monoisotopic (exact) mass is 284 g/mol. The molecule has 100 valence electrons. The van der Waals surface area contributed by atoms with Crippen molar-refractivity contribution in [2.24, 2.45) is 0 Å². The quantitative estimate of drug-likeness (QED) is 0.803. The average molecular weight is 284 g/mol. The molecule has 5 nitrogen and oxygen atoms in total. The highest BCUT2D eigenvalue weighted by Gasteiger charge is 2.18. The fourth-order valence-corrected chi connectivity index (χ4v) is 2.53. The van der Waals surface area contributed by atoms with E-state index in [1.165, 1.54) is 0 Å². The van der Waals surface area contributed by atoms with E-state index in [0.29, 0.717) is 5.82 Å². The number of para-hydroxylation sites is 1. The topological polar surface area (TPSA) is 59.8 Å². The minimum Gasteiger partial charge on any atom is -0.352 e. The summed E-state index contributed by atoms with van der Waals surface area (Å²) in [5.41, 5.74) is 0.874. The normalized spacial score (nSPS) is 10.4. The van der Waals surface area contributed by atoms with Crippen molar-refractivity contribution in [1.82, 2.24) is 20.1 Å². The summed E-state index contributed by atoms with van der Waals surface area (Å²) in [7, 11) is 1.57. The van der Waals surface area contributed by atoms with E-state index < -0.39 is 0 Å². The van der Waals surface area contributed by atoms with Gasteiger partial charge in [0.25, 0.3) is 5.91 Å². The Kier molecular flexibility index (Phi) is 3.30. The first-order valence-corrected chi connectivity index (χ1v) is 6.96. The Morgan fingerprint density at radius 2 is 2.00 bits per heavy atom. The Balaban J connectivity index is 2.17. The Morgan fingerprint density at radius 3 is 2.65 bits per heavy atom. The number of benzene rings is 1. The van der Waals surface area contributed by atoms with Crippen molar-refractivity contribution in [3.8, 4) is 16.4 Å². The van der Waals surface area contributed by atoms with Crippen LogP contribution in [0, 0.1) is 0 Å². The lowest BCUT2D eigenvalue weighted by molar-refractivity contribution is 0.0953. The average Bonchev–Trinajstić information content (AvgIpc) is 3.16. The fraction of sp³-hybridized carbons (Fsp3) is 0.0714. The van der Waals surface area contributed by atoms with E-state index in [2.05, 4.69) is 15.4 Å². The minimum atomic E-state index is -0.294. The highest BCUT2D eigenvalue weighted by molar-refractivity contribution is 7.13. The van der Waals surface area contributed by atoms with E-state index in [-0.39, 0.29) is 11.7 Å². The van der Waals surface area contributed by atoms with E-state index in [4.69, 9.17) is 0 Å². The van der Waals surface area contributed by atoms with Crippen molar-refractivity contribution in [2.75, 3.05) is 7.05 Å². The number of aromatic nitrogens is 3. The van der Waals surface area contributed by atoms with Crippen LogP contribution in [-0.2, 0) is 0 Å². The third-order valence-corrected chi connectivity index (χ3v) is 3.65. The lowest BCUT2D eigenvalue weighted by atomic mass is 10.3. The molecule has 0 aliphatic rings. The largest absolute Gasteiger partial charge is 0.352 e. The molecule has 3 rings (SSSR count). The maximum absolute atomic E-state index is 11.7. The predicted octanol–water partition coefficient (Wildman–Crippen LogP) is 2.36. The highest BCUT2D eigenvalue weighted by atomic mass is 32.1. The molecule has 0 spiro atoms. The molecule has 2 aromatic heterocycles. The molecule has 6 heteroatoms. The Bertz CT molecular complexity index is 719. The van der Waals surface area contributed by atoms with Gasteiger partial charge in [0.2, 0.25) is 5.82 Å². The zero-order valence-electron chi connectivity index (χ0n) is 10.8. The number of nitrogens with one attached hydrogen (secondary N) is 1. The van der Waals surface area contributed by atoms with Gasteiger partial charge in [-0.05, 0) is 23.6 Å². The molecule has 0 radical (unpaired) electrons. The van der Waals surface area contributed by atoms with Crippen molar-refractivity contribution in [3.05, 3.63) is 53.7 Å². The molecule has 1 aromatic carbocycles. The molecule has 0 aliphatic heterocycles. The van der Waals surface area contributed by atoms with Gasteiger partial charge in [-0.25, -0.2) is 9.67 Å². The Hall–Kier alpha value is -2.47. The van der Waals surface area contributed by atoms with Gasteiger partial charge in [-0.15, -0.1) is 16.4 Å². The number of thiophene rings is 1. The van der Waals surface area contributed by atoms with Gasteiger partial charge in [0, 0.05) is 7.05 Å². The molecule has 0 atom stereocenters. The van der Waals surface area contributed by atoms with Crippen molar-refractivity contribution in [1.29, 1.82) is 0 Å². The van der Waals surface area contributed by atoms with Crippen LogP contribution < -0.4 is 5.32 Å². The smallest absolute Gasteiger partial charge is 0.290 e. The summed E-state index contributed by atoms with van der Waals surface area (Å²) in [5.74, 6) is 0.544. The number of amides is 1. The standard InChI is InChI=1S/C14H12N4OS/c1-15-14(19)12-16-13(11-8-5-9-20-11)18(17-12)10-6-3-2-4-7-10/h2-9H,1H3,(H,15,19). The molecule has 3 aromatic rings. The number of hydrogen-bond donors (Lipinski definition) is 1. The van der Waals surface area contributed by atoms with Crippen LogP contribution in [0.5, 0.6) is 0 Å². The van der Waals surface area contributed by atoms with Gasteiger partial charge in [-0.2, -0.15) is 0 Å². The zero-order valence-corrected chi connectivity index (χ0v) is 11.6. The van der Waals surface area contributed by atoms with Crippen LogP contribution in [0.15, 0.2) is 47.8 Å². The van der Waals surface area contributed by atoms with Gasteiger partial charge >= 0.3 is 0 Å². The molecule has 0 bridgehead atoms. The molecule has 0 saturated heterocycles. The van der Waals surface area contributed by atoms with E-state index in [1.54, 1.807) is 23.1 Å².